The number of benzene rings is 1. The predicted molar refractivity (Wildman–Crippen MR) is 97.0 cm³/mol. The summed E-state index contributed by atoms with van der Waals surface area (Å²) in [7, 11) is 0. The number of ether oxygens (including phenoxy) is 1. The minimum atomic E-state index is -0.106. The van der Waals surface area contributed by atoms with Crippen molar-refractivity contribution in [3.05, 3.63) is 47.8 Å². The van der Waals surface area contributed by atoms with Crippen LogP contribution in [-0.4, -0.2) is 41.4 Å². The average molecular weight is 356 g/mol. The maximum Gasteiger partial charge on any atom is 0.253 e. The van der Waals surface area contributed by atoms with Gasteiger partial charge < -0.3 is 15.4 Å². The van der Waals surface area contributed by atoms with E-state index in [1.54, 1.807) is 16.9 Å². The second kappa shape index (κ2) is 8.62. The summed E-state index contributed by atoms with van der Waals surface area (Å²) in [4.78, 5) is 23.7. The van der Waals surface area contributed by atoms with Crippen molar-refractivity contribution < 1.29 is 14.3 Å². The highest BCUT2D eigenvalue weighted by molar-refractivity contribution is 5.97. The third kappa shape index (κ3) is 4.70. The summed E-state index contributed by atoms with van der Waals surface area (Å²) in [5, 5.41) is 10.1. The molecule has 26 heavy (non-hydrogen) atoms. The monoisotopic (exact) mass is 356 g/mol. The smallest absolute Gasteiger partial charge is 0.253 e. The van der Waals surface area contributed by atoms with Gasteiger partial charge in [0.05, 0.1) is 17.4 Å². The molecule has 0 aliphatic carbocycles. The largest absolute Gasteiger partial charge is 0.381 e. The molecule has 0 spiro atoms. The molecule has 0 saturated carbocycles. The highest BCUT2D eigenvalue weighted by atomic mass is 16.5. The summed E-state index contributed by atoms with van der Waals surface area (Å²) in [6.45, 7) is 4.07. The lowest BCUT2D eigenvalue weighted by Gasteiger charge is -2.22. The molecule has 138 valence electrons. The Balaban J connectivity index is 1.69. The van der Waals surface area contributed by atoms with Crippen LogP contribution in [0.25, 0.3) is 5.69 Å². The summed E-state index contributed by atoms with van der Waals surface area (Å²) in [6, 6.07) is 7.37. The molecule has 1 aromatic heterocycles. The molecule has 1 aromatic carbocycles. The lowest BCUT2D eigenvalue weighted by molar-refractivity contribution is -0.119. The fourth-order valence-electron chi connectivity index (χ4n) is 2.96. The molecule has 7 heteroatoms. The van der Waals surface area contributed by atoms with Crippen LogP contribution >= 0.6 is 0 Å². The van der Waals surface area contributed by atoms with Crippen molar-refractivity contribution in [1.29, 1.82) is 0 Å². The third-order valence-electron chi connectivity index (χ3n) is 4.47. The standard InChI is InChI=1S/C19H24N4O3/c1-14(24)20-11-16-12-22-23(13-16)18-5-3-2-4-17(18)19(25)21-10-15-6-8-26-9-7-15/h2-5,12-13,15H,6-11H2,1H3,(H,20,24)(H,21,25). The highest BCUT2D eigenvalue weighted by Crippen LogP contribution is 2.16. The summed E-state index contributed by atoms with van der Waals surface area (Å²) in [5.41, 5.74) is 2.16. The van der Waals surface area contributed by atoms with Gasteiger partial charge in [-0.2, -0.15) is 5.10 Å². The quantitative estimate of drug-likeness (QED) is 0.824. The first-order valence-corrected chi connectivity index (χ1v) is 8.87. The van der Waals surface area contributed by atoms with Gasteiger partial charge in [-0.05, 0) is 30.9 Å². The van der Waals surface area contributed by atoms with Crippen LogP contribution in [0.1, 0.15) is 35.7 Å². The molecule has 2 aromatic rings. The van der Waals surface area contributed by atoms with Crippen molar-refractivity contribution in [3.63, 3.8) is 0 Å². The first-order chi connectivity index (χ1) is 12.6. The number of hydrogen-bond acceptors (Lipinski definition) is 4. The number of aromatic nitrogens is 2. The zero-order chi connectivity index (χ0) is 18.4. The summed E-state index contributed by atoms with van der Waals surface area (Å²) in [6.07, 6.45) is 5.47. The van der Waals surface area contributed by atoms with E-state index in [2.05, 4.69) is 15.7 Å². The van der Waals surface area contributed by atoms with Gasteiger partial charge in [-0.25, -0.2) is 4.68 Å². The molecular weight excluding hydrogens is 332 g/mol. The van der Waals surface area contributed by atoms with Crippen molar-refractivity contribution in [1.82, 2.24) is 20.4 Å². The molecule has 2 N–H and O–H groups in total. The lowest BCUT2D eigenvalue weighted by Crippen LogP contribution is -2.32. The normalized spacial score (nSPS) is 14.8. The van der Waals surface area contributed by atoms with Crippen molar-refractivity contribution in [3.8, 4) is 5.69 Å². The van der Waals surface area contributed by atoms with Crippen LogP contribution in [0.15, 0.2) is 36.7 Å². The number of nitrogens with one attached hydrogen (secondary N) is 2. The van der Waals surface area contributed by atoms with Gasteiger partial charge in [0.15, 0.2) is 0 Å². The minimum Gasteiger partial charge on any atom is -0.381 e. The first-order valence-electron chi connectivity index (χ1n) is 8.87. The second-order valence-corrected chi connectivity index (χ2v) is 6.49. The average Bonchev–Trinajstić information content (AvgIpc) is 3.14. The number of carbonyl (C=O) groups excluding carboxylic acids is 2. The van der Waals surface area contributed by atoms with E-state index in [9.17, 15) is 9.59 Å². The number of amides is 2. The zero-order valence-electron chi connectivity index (χ0n) is 14.9. The summed E-state index contributed by atoms with van der Waals surface area (Å²) in [5.74, 6) is 0.269. The van der Waals surface area contributed by atoms with Gasteiger partial charge in [-0.1, -0.05) is 12.1 Å². The molecule has 2 amide bonds. The molecule has 1 aliphatic heterocycles. The fourth-order valence-corrected chi connectivity index (χ4v) is 2.96. The van der Waals surface area contributed by atoms with Gasteiger partial charge >= 0.3 is 0 Å². The van der Waals surface area contributed by atoms with Crippen LogP contribution < -0.4 is 10.6 Å². The van der Waals surface area contributed by atoms with E-state index in [0.29, 0.717) is 30.3 Å². The van der Waals surface area contributed by atoms with E-state index in [1.807, 2.05) is 24.4 Å². The molecule has 2 heterocycles. The number of carbonyl (C=O) groups is 2. The molecule has 0 radical (unpaired) electrons. The Morgan fingerprint density at radius 2 is 2.00 bits per heavy atom. The first kappa shape index (κ1) is 18.1. The maximum absolute atomic E-state index is 12.7. The number of para-hydroxylation sites is 1. The van der Waals surface area contributed by atoms with Crippen LogP contribution in [0.4, 0.5) is 0 Å². The Hall–Kier alpha value is -2.67. The van der Waals surface area contributed by atoms with Crippen LogP contribution in [-0.2, 0) is 16.1 Å². The van der Waals surface area contributed by atoms with E-state index < -0.39 is 0 Å². The van der Waals surface area contributed by atoms with E-state index >= 15 is 0 Å². The molecule has 7 nitrogen and oxygen atoms in total. The van der Waals surface area contributed by atoms with E-state index in [4.69, 9.17) is 4.74 Å². The fraction of sp³-hybridized carbons (Fsp3) is 0.421. The maximum atomic E-state index is 12.7. The van der Waals surface area contributed by atoms with Gasteiger partial charge in [0.1, 0.15) is 0 Å². The van der Waals surface area contributed by atoms with Crippen molar-refractivity contribution >= 4 is 11.8 Å². The van der Waals surface area contributed by atoms with Crippen molar-refractivity contribution in [2.75, 3.05) is 19.8 Å². The van der Waals surface area contributed by atoms with Crippen molar-refractivity contribution in [2.24, 2.45) is 5.92 Å². The number of nitrogens with zero attached hydrogens (tertiary/aromatic N) is 2. The van der Waals surface area contributed by atoms with Crippen LogP contribution in [0.2, 0.25) is 0 Å². The van der Waals surface area contributed by atoms with Crippen LogP contribution in [0.3, 0.4) is 0 Å². The Morgan fingerprint density at radius 3 is 2.77 bits per heavy atom. The van der Waals surface area contributed by atoms with Gasteiger partial charge in [0, 0.05) is 45.0 Å². The Labute approximate surface area is 152 Å². The molecule has 1 aliphatic rings. The van der Waals surface area contributed by atoms with E-state index in [0.717, 1.165) is 31.6 Å². The Kier molecular flexibility index (Phi) is 6.01. The molecule has 1 fully saturated rings. The zero-order valence-corrected chi connectivity index (χ0v) is 14.9. The summed E-state index contributed by atoms with van der Waals surface area (Å²) < 4.78 is 7.02. The second-order valence-electron chi connectivity index (χ2n) is 6.49. The molecule has 3 rings (SSSR count). The number of hydrogen-bond donors (Lipinski definition) is 2. The van der Waals surface area contributed by atoms with Gasteiger partial charge in [0.25, 0.3) is 5.91 Å². The lowest BCUT2D eigenvalue weighted by atomic mass is 10.0. The predicted octanol–water partition coefficient (Wildman–Crippen LogP) is 1.66. The molecule has 1 saturated heterocycles. The van der Waals surface area contributed by atoms with Gasteiger partial charge in [-0.15, -0.1) is 0 Å². The number of rotatable bonds is 6. The Bertz CT molecular complexity index is 766. The van der Waals surface area contributed by atoms with E-state index in [1.165, 1.54) is 6.92 Å². The topological polar surface area (TPSA) is 85.2 Å². The molecular formula is C19H24N4O3. The van der Waals surface area contributed by atoms with Crippen molar-refractivity contribution in [2.45, 2.75) is 26.3 Å². The van der Waals surface area contributed by atoms with Crippen LogP contribution in [0.5, 0.6) is 0 Å². The summed E-state index contributed by atoms with van der Waals surface area (Å²) >= 11 is 0. The minimum absolute atomic E-state index is 0.0920. The van der Waals surface area contributed by atoms with Gasteiger partial charge in [-0.3, -0.25) is 9.59 Å². The van der Waals surface area contributed by atoms with Gasteiger partial charge in [0.2, 0.25) is 5.91 Å². The highest BCUT2D eigenvalue weighted by Gasteiger charge is 2.17. The molecule has 0 bridgehead atoms. The van der Waals surface area contributed by atoms with E-state index in [-0.39, 0.29) is 11.8 Å². The molecule has 0 unspecified atom stereocenters. The third-order valence-corrected chi connectivity index (χ3v) is 4.47. The SMILES string of the molecule is CC(=O)NCc1cnn(-c2ccccc2C(=O)NCC2CCOCC2)c1. The Morgan fingerprint density at radius 1 is 1.23 bits per heavy atom. The molecule has 0 atom stereocenters. The van der Waals surface area contributed by atoms with Crippen LogP contribution in [0, 0.1) is 5.92 Å².